The van der Waals surface area contributed by atoms with E-state index >= 15 is 0 Å². The molecule has 1 fully saturated rings. The maximum Gasteiger partial charge on any atom is 0.246 e. The highest BCUT2D eigenvalue weighted by atomic mass is 35.5. The van der Waals surface area contributed by atoms with Crippen molar-refractivity contribution in [2.24, 2.45) is 4.99 Å². The zero-order chi connectivity index (χ0) is 11.3. The predicted molar refractivity (Wildman–Crippen MR) is 62.1 cm³/mol. The van der Waals surface area contributed by atoms with Crippen molar-refractivity contribution in [3.8, 4) is 0 Å². The van der Waals surface area contributed by atoms with Crippen LogP contribution in [0.2, 0.25) is 10.0 Å². The molecule has 1 saturated heterocycles. The van der Waals surface area contributed by atoms with Crippen molar-refractivity contribution in [1.29, 1.82) is 0 Å². The molecule has 2 heterocycles. The first-order valence-corrected chi connectivity index (χ1v) is 5.51. The quantitative estimate of drug-likeness (QED) is 0.571. The number of carbonyl (C=O) groups excluding carboxylic acids is 1. The number of fused-ring (bicyclic) bond motifs is 2. The molecule has 16 heavy (non-hydrogen) atoms. The van der Waals surface area contributed by atoms with E-state index in [1.807, 2.05) is 4.90 Å². The molecule has 2 aliphatic rings. The molecule has 1 N–H and O–H groups in total. The Morgan fingerprint density at radius 3 is 2.94 bits per heavy atom. The molecular formula is C10H7Cl2N3O. The van der Waals surface area contributed by atoms with Crippen LogP contribution >= 0.6 is 23.2 Å². The van der Waals surface area contributed by atoms with Crippen molar-refractivity contribution in [3.05, 3.63) is 27.7 Å². The minimum atomic E-state index is -0.0474. The Labute approximate surface area is 102 Å². The number of rotatable bonds is 0. The highest BCUT2D eigenvalue weighted by Gasteiger charge is 2.30. The SMILES string of the molecule is O=[13C]1CN2Cc3c(ccc(Cl)c3Cl)N=[13C]2[15NH]1. The number of benzene rings is 1. The lowest BCUT2D eigenvalue weighted by Crippen LogP contribution is -2.32. The fourth-order valence-corrected chi connectivity index (χ4v) is 2.26. The van der Waals surface area contributed by atoms with Crippen LogP contribution in [0.25, 0.3) is 0 Å². The highest BCUT2D eigenvalue weighted by Crippen LogP contribution is 2.36. The average molecular weight is 259 g/mol. The van der Waals surface area contributed by atoms with Crippen LogP contribution in [0.4, 0.5) is 5.69 Å². The molecule has 0 radical (unpaired) electrons. The number of amides is 1. The van der Waals surface area contributed by atoms with Gasteiger partial charge in [-0.3, -0.25) is 10.1 Å². The molecule has 0 aliphatic carbocycles. The molecule has 1 aromatic carbocycles. The van der Waals surface area contributed by atoms with Gasteiger partial charge < -0.3 is 4.90 Å². The van der Waals surface area contributed by atoms with Crippen molar-refractivity contribution in [2.45, 2.75) is 6.54 Å². The maximum absolute atomic E-state index is 11.2. The third kappa shape index (κ3) is 1.37. The zero-order valence-electron chi connectivity index (χ0n) is 8.13. The second kappa shape index (κ2) is 3.37. The van der Waals surface area contributed by atoms with Crippen LogP contribution in [-0.2, 0) is 11.3 Å². The van der Waals surface area contributed by atoms with E-state index in [-0.39, 0.29) is 5.91 Å². The van der Waals surface area contributed by atoms with Crippen molar-refractivity contribution in [1.82, 2.24) is 10.2 Å². The fraction of sp³-hybridized carbons (Fsp3) is 0.200. The number of carbonyl (C=O) groups is 1. The van der Waals surface area contributed by atoms with E-state index in [9.17, 15) is 4.79 Å². The molecule has 3 rings (SSSR count). The Hall–Kier alpha value is -1.26. The van der Waals surface area contributed by atoms with E-state index in [0.717, 1.165) is 11.3 Å². The summed E-state index contributed by atoms with van der Waals surface area (Å²) in [6, 6.07) is 3.51. The van der Waals surface area contributed by atoms with Gasteiger partial charge in [-0.15, -0.1) is 0 Å². The van der Waals surface area contributed by atoms with Crippen LogP contribution in [0.15, 0.2) is 17.1 Å². The van der Waals surface area contributed by atoms with Crippen molar-refractivity contribution in [2.75, 3.05) is 6.54 Å². The van der Waals surface area contributed by atoms with E-state index in [1.54, 1.807) is 12.1 Å². The molecule has 0 aromatic heterocycles. The number of nitrogens with zero attached hydrogens (tertiary/aromatic N) is 2. The van der Waals surface area contributed by atoms with Gasteiger partial charge in [0.25, 0.3) is 0 Å². The first-order chi connectivity index (χ1) is 7.65. The van der Waals surface area contributed by atoms with Gasteiger partial charge in [0, 0.05) is 5.56 Å². The topological polar surface area (TPSA) is 44.7 Å². The molecule has 0 bridgehead atoms. The number of nitrogens with one attached hydrogen (secondary N) is 1. The third-order valence-electron chi connectivity index (χ3n) is 2.63. The Morgan fingerprint density at radius 2 is 2.12 bits per heavy atom. The molecule has 0 spiro atoms. The van der Waals surface area contributed by atoms with E-state index in [0.29, 0.717) is 29.1 Å². The Bertz CT molecular complexity index is 527. The van der Waals surface area contributed by atoms with Crippen molar-refractivity contribution < 1.29 is 4.79 Å². The summed E-state index contributed by atoms with van der Waals surface area (Å²) in [5, 5.41) is 3.72. The van der Waals surface area contributed by atoms with Crippen LogP contribution in [0, 0.1) is 0 Å². The third-order valence-corrected chi connectivity index (χ3v) is 3.48. The molecule has 0 saturated carbocycles. The predicted octanol–water partition coefficient (Wildman–Crippen LogP) is 1.93. The normalized spacial score (nSPS) is 17.8. The van der Waals surface area contributed by atoms with Crippen molar-refractivity contribution >= 4 is 40.8 Å². The van der Waals surface area contributed by atoms with Gasteiger partial charge in [-0.2, -0.15) is 0 Å². The van der Waals surface area contributed by atoms with Gasteiger partial charge in [-0.25, -0.2) is 4.99 Å². The molecule has 2 aliphatic heterocycles. The highest BCUT2D eigenvalue weighted by molar-refractivity contribution is 6.42. The van der Waals surface area contributed by atoms with E-state index in [4.69, 9.17) is 23.2 Å². The maximum atomic E-state index is 11.2. The van der Waals surface area contributed by atoms with Gasteiger partial charge in [-0.1, -0.05) is 23.2 Å². The summed E-state index contributed by atoms with van der Waals surface area (Å²) in [5.41, 5.74) is 1.64. The van der Waals surface area contributed by atoms with E-state index in [1.165, 1.54) is 0 Å². The van der Waals surface area contributed by atoms with Crippen LogP contribution in [-0.4, -0.2) is 23.3 Å². The van der Waals surface area contributed by atoms with E-state index < -0.39 is 0 Å². The van der Waals surface area contributed by atoms with E-state index in [2.05, 4.69) is 10.3 Å². The first kappa shape index (κ1) is 9.93. The van der Waals surface area contributed by atoms with Gasteiger partial charge in [0.1, 0.15) is 6.54 Å². The second-order valence-corrected chi connectivity index (χ2v) is 4.48. The average Bonchev–Trinajstić information content (AvgIpc) is 2.61. The van der Waals surface area contributed by atoms with Crippen molar-refractivity contribution in [3.63, 3.8) is 0 Å². The minimum Gasteiger partial charge on any atom is -0.329 e. The summed E-state index contributed by atoms with van der Waals surface area (Å²) < 4.78 is 0. The number of halogens is 2. The minimum absolute atomic E-state index is 0.0474. The number of hydrogen-bond acceptors (Lipinski definition) is 3. The van der Waals surface area contributed by atoms with Crippen LogP contribution in [0.1, 0.15) is 5.56 Å². The molecule has 0 unspecified atom stereocenters. The number of hydrogen-bond donors (Lipinski definition) is 1. The monoisotopic (exact) mass is 258 g/mol. The fourth-order valence-electron chi connectivity index (χ4n) is 1.86. The lowest BCUT2D eigenvalue weighted by atomic mass is 10.1. The van der Waals surface area contributed by atoms with Crippen LogP contribution < -0.4 is 5.32 Å². The molecule has 4 nitrogen and oxygen atoms in total. The molecular weight excluding hydrogens is 252 g/mol. The summed E-state index contributed by atoms with van der Waals surface area (Å²) in [6.45, 7) is 0.882. The Morgan fingerprint density at radius 1 is 1.31 bits per heavy atom. The lowest BCUT2D eigenvalue weighted by molar-refractivity contribution is -0.118. The van der Waals surface area contributed by atoms with Gasteiger partial charge in [0.05, 0.1) is 22.3 Å². The Kier molecular flexibility index (Phi) is 2.09. The van der Waals surface area contributed by atoms with Gasteiger partial charge in [0.15, 0.2) is 0 Å². The summed E-state index contributed by atoms with van der Waals surface area (Å²) >= 11 is 12.0. The lowest BCUT2D eigenvalue weighted by Gasteiger charge is -2.23. The largest absolute Gasteiger partial charge is 0.329 e. The van der Waals surface area contributed by atoms with Crippen LogP contribution in [0.3, 0.4) is 0 Å². The van der Waals surface area contributed by atoms with Crippen LogP contribution in [0.5, 0.6) is 0 Å². The Balaban J connectivity index is 2.12. The summed E-state index contributed by atoms with van der Waals surface area (Å²) in [5.74, 6) is 0.546. The molecule has 1 amide bonds. The van der Waals surface area contributed by atoms with Gasteiger partial charge in [0.2, 0.25) is 11.9 Å². The summed E-state index contributed by atoms with van der Waals surface area (Å²) in [7, 11) is 0. The number of guanidine groups is 1. The molecule has 82 valence electrons. The zero-order valence-corrected chi connectivity index (χ0v) is 9.64. The number of aliphatic imine (C=N–C) groups is 1. The molecule has 1 aromatic rings. The second-order valence-electron chi connectivity index (χ2n) is 3.70. The molecule has 6 heteroatoms. The van der Waals surface area contributed by atoms with Gasteiger partial charge >= 0.3 is 0 Å². The summed E-state index contributed by atoms with van der Waals surface area (Å²) in [6.07, 6.45) is 0. The smallest absolute Gasteiger partial charge is 0.246 e. The standard InChI is InChI=1S/C10H7Cl2N3O/c11-6-1-2-7-5(9(6)12)3-15-4-8(16)14-10(15)13-7/h1-2H,3-4H2,(H,13,14,16)/i8+1,10+1,14+1. The summed E-state index contributed by atoms with van der Waals surface area (Å²) in [4.78, 5) is 17.4. The molecule has 0 atom stereocenters. The van der Waals surface area contributed by atoms with Gasteiger partial charge in [-0.05, 0) is 12.1 Å². The first-order valence-electron chi connectivity index (χ1n) is 4.75.